The molecule has 0 radical (unpaired) electrons. The summed E-state index contributed by atoms with van der Waals surface area (Å²) >= 11 is 6.00. The highest BCUT2D eigenvalue weighted by Crippen LogP contribution is 2.32. The Kier molecular flexibility index (Phi) is 1.81. The zero-order valence-corrected chi connectivity index (χ0v) is 7.56. The number of hydrogen-bond acceptors (Lipinski definition) is 1. The molecule has 0 spiro atoms. The molecule has 1 aromatic rings. The van der Waals surface area contributed by atoms with E-state index >= 15 is 0 Å². The van der Waals surface area contributed by atoms with E-state index < -0.39 is 0 Å². The van der Waals surface area contributed by atoms with Crippen LogP contribution in [-0.2, 0) is 0 Å². The van der Waals surface area contributed by atoms with E-state index in [9.17, 15) is 0 Å². The van der Waals surface area contributed by atoms with Gasteiger partial charge in [-0.1, -0.05) is 23.2 Å². The van der Waals surface area contributed by atoms with Crippen LogP contribution >= 0.6 is 11.6 Å². The van der Waals surface area contributed by atoms with E-state index in [4.69, 9.17) is 16.3 Å². The number of ether oxygens (including phenoxy) is 1. The van der Waals surface area contributed by atoms with Crippen molar-refractivity contribution in [1.29, 1.82) is 0 Å². The molecule has 2 rings (SSSR count). The third-order valence-corrected chi connectivity index (χ3v) is 2.25. The first-order chi connectivity index (χ1) is 5.77. The maximum atomic E-state index is 6.00. The predicted octanol–water partition coefficient (Wildman–Crippen LogP) is 2.97. The number of fused-ring (bicyclic) bond motifs is 1. The monoisotopic (exact) mass is 180 g/mol. The van der Waals surface area contributed by atoms with Crippen molar-refractivity contribution in [2.45, 2.75) is 6.92 Å². The number of hydrogen-bond donors (Lipinski definition) is 0. The van der Waals surface area contributed by atoms with Crippen LogP contribution in [-0.4, -0.2) is 6.61 Å². The van der Waals surface area contributed by atoms with Crippen molar-refractivity contribution < 1.29 is 4.74 Å². The average Bonchev–Trinajstić information content (AvgIpc) is 2.07. The normalized spacial score (nSPS) is 14.7. The molecule has 0 atom stereocenters. The maximum absolute atomic E-state index is 6.00. The van der Waals surface area contributed by atoms with Crippen LogP contribution in [0.1, 0.15) is 11.1 Å². The molecule has 1 aromatic carbocycles. The topological polar surface area (TPSA) is 9.23 Å². The Morgan fingerprint density at radius 2 is 2.25 bits per heavy atom. The summed E-state index contributed by atoms with van der Waals surface area (Å²) in [6.45, 7) is 2.62. The highest BCUT2D eigenvalue weighted by atomic mass is 35.5. The minimum atomic E-state index is 0.578. The first kappa shape index (κ1) is 7.69. The molecule has 2 heteroatoms. The zero-order chi connectivity index (χ0) is 8.55. The largest absolute Gasteiger partial charge is 0.489 e. The van der Waals surface area contributed by atoms with Gasteiger partial charge in [-0.3, -0.25) is 0 Å². The Hall–Kier alpha value is -0.950. The summed E-state index contributed by atoms with van der Waals surface area (Å²) in [6, 6.07) is 6.02. The minimum Gasteiger partial charge on any atom is -0.489 e. The number of benzene rings is 1. The van der Waals surface area contributed by atoms with Gasteiger partial charge in [-0.05, 0) is 25.1 Å². The average molecular weight is 181 g/mol. The lowest BCUT2D eigenvalue weighted by atomic mass is 10.1. The van der Waals surface area contributed by atoms with Crippen LogP contribution in [0.4, 0.5) is 0 Å². The van der Waals surface area contributed by atoms with E-state index in [1.165, 1.54) is 5.56 Å². The summed E-state index contributed by atoms with van der Waals surface area (Å²) in [4.78, 5) is 0. The molecular weight excluding hydrogens is 172 g/mol. The molecule has 1 aliphatic rings. The molecule has 0 unspecified atom stereocenters. The van der Waals surface area contributed by atoms with E-state index in [1.807, 2.05) is 31.2 Å². The summed E-state index contributed by atoms with van der Waals surface area (Å²) in [5.74, 6) is 0.883. The number of halogens is 1. The molecule has 0 aliphatic carbocycles. The lowest BCUT2D eigenvalue weighted by Crippen LogP contribution is -2.02. The quantitative estimate of drug-likeness (QED) is 0.597. The van der Waals surface area contributed by atoms with Crippen molar-refractivity contribution in [3.05, 3.63) is 35.4 Å². The van der Waals surface area contributed by atoms with Crippen molar-refractivity contribution >= 4 is 16.6 Å². The van der Waals surface area contributed by atoms with Gasteiger partial charge in [0.05, 0.1) is 5.03 Å². The number of aryl methyl sites for hydroxylation is 1. The molecule has 1 heterocycles. The van der Waals surface area contributed by atoms with Gasteiger partial charge in [-0.15, -0.1) is 0 Å². The summed E-state index contributed by atoms with van der Waals surface area (Å²) in [5.41, 5.74) is 2.20. The third kappa shape index (κ3) is 1.21. The molecule has 0 bridgehead atoms. The minimum absolute atomic E-state index is 0.578. The summed E-state index contributed by atoms with van der Waals surface area (Å²) in [6.07, 6.45) is 1.88. The van der Waals surface area contributed by atoms with Crippen LogP contribution in [0, 0.1) is 6.92 Å². The van der Waals surface area contributed by atoms with E-state index in [2.05, 4.69) is 0 Å². The van der Waals surface area contributed by atoms with Gasteiger partial charge in [0.15, 0.2) is 0 Å². The van der Waals surface area contributed by atoms with Crippen molar-refractivity contribution in [3.8, 4) is 5.75 Å². The molecular formula is C10H9ClO. The van der Waals surface area contributed by atoms with Crippen LogP contribution in [0.25, 0.3) is 5.03 Å². The van der Waals surface area contributed by atoms with Crippen LogP contribution in [0.5, 0.6) is 5.75 Å². The van der Waals surface area contributed by atoms with Crippen molar-refractivity contribution in [3.63, 3.8) is 0 Å². The summed E-state index contributed by atoms with van der Waals surface area (Å²) in [5, 5.41) is 0.792. The molecule has 0 N–H and O–H groups in total. The van der Waals surface area contributed by atoms with Gasteiger partial charge in [-0.2, -0.15) is 0 Å². The van der Waals surface area contributed by atoms with Gasteiger partial charge >= 0.3 is 0 Å². The zero-order valence-electron chi connectivity index (χ0n) is 6.80. The Labute approximate surface area is 76.6 Å². The smallest absolute Gasteiger partial charge is 0.128 e. The van der Waals surface area contributed by atoms with E-state index in [0.717, 1.165) is 16.3 Å². The Morgan fingerprint density at radius 1 is 1.42 bits per heavy atom. The molecule has 62 valence electrons. The molecule has 0 saturated heterocycles. The molecule has 0 fully saturated rings. The fourth-order valence-corrected chi connectivity index (χ4v) is 1.48. The first-order valence-corrected chi connectivity index (χ1v) is 4.24. The standard InChI is InChI=1S/C10H9ClO/c1-7-2-3-10-8(6-7)9(11)4-5-12-10/h2-4,6H,5H2,1H3. The highest BCUT2D eigenvalue weighted by Gasteiger charge is 2.10. The van der Waals surface area contributed by atoms with Gasteiger partial charge in [0.2, 0.25) is 0 Å². The Balaban J connectivity index is 2.58. The van der Waals surface area contributed by atoms with Crippen LogP contribution in [0.2, 0.25) is 0 Å². The van der Waals surface area contributed by atoms with E-state index in [0.29, 0.717) is 6.61 Å². The van der Waals surface area contributed by atoms with Crippen molar-refractivity contribution in [2.75, 3.05) is 6.61 Å². The Bertz CT molecular complexity index is 342. The molecule has 12 heavy (non-hydrogen) atoms. The molecule has 1 nitrogen and oxygen atoms in total. The summed E-state index contributed by atoms with van der Waals surface area (Å²) in [7, 11) is 0. The summed E-state index contributed by atoms with van der Waals surface area (Å²) < 4.78 is 5.39. The molecule has 1 aliphatic heterocycles. The van der Waals surface area contributed by atoms with Crippen LogP contribution in [0.3, 0.4) is 0 Å². The highest BCUT2D eigenvalue weighted by molar-refractivity contribution is 6.49. The predicted molar refractivity (Wildman–Crippen MR) is 50.5 cm³/mol. The fraction of sp³-hybridized carbons (Fsp3) is 0.200. The van der Waals surface area contributed by atoms with E-state index in [-0.39, 0.29) is 0 Å². The van der Waals surface area contributed by atoms with Gasteiger partial charge in [0.1, 0.15) is 12.4 Å². The lowest BCUT2D eigenvalue weighted by Gasteiger charge is -2.14. The van der Waals surface area contributed by atoms with Gasteiger partial charge in [-0.25, -0.2) is 0 Å². The molecule has 0 amide bonds. The second kappa shape index (κ2) is 2.83. The van der Waals surface area contributed by atoms with Gasteiger partial charge in [0, 0.05) is 5.56 Å². The van der Waals surface area contributed by atoms with Crippen molar-refractivity contribution in [2.24, 2.45) is 0 Å². The molecule has 0 saturated carbocycles. The van der Waals surface area contributed by atoms with E-state index in [1.54, 1.807) is 0 Å². The SMILES string of the molecule is Cc1ccc2c(c1)C(Cl)=CCO2. The fourth-order valence-electron chi connectivity index (χ4n) is 1.27. The number of rotatable bonds is 0. The van der Waals surface area contributed by atoms with Gasteiger partial charge < -0.3 is 4.74 Å². The first-order valence-electron chi connectivity index (χ1n) is 3.87. The molecule has 0 aromatic heterocycles. The van der Waals surface area contributed by atoms with Crippen LogP contribution < -0.4 is 4.74 Å². The lowest BCUT2D eigenvalue weighted by molar-refractivity contribution is 0.358. The van der Waals surface area contributed by atoms with Crippen molar-refractivity contribution in [1.82, 2.24) is 0 Å². The van der Waals surface area contributed by atoms with Crippen LogP contribution in [0.15, 0.2) is 24.3 Å². The van der Waals surface area contributed by atoms with Gasteiger partial charge in [0.25, 0.3) is 0 Å². The second-order valence-electron chi connectivity index (χ2n) is 2.86. The Morgan fingerprint density at radius 3 is 3.08 bits per heavy atom. The second-order valence-corrected chi connectivity index (χ2v) is 3.27. The third-order valence-electron chi connectivity index (χ3n) is 1.89. The maximum Gasteiger partial charge on any atom is 0.128 e.